The van der Waals surface area contributed by atoms with Crippen LogP contribution in [0.1, 0.15) is 0 Å². The highest BCUT2D eigenvalue weighted by Crippen LogP contribution is 2.17. The van der Waals surface area contributed by atoms with Gasteiger partial charge >= 0.3 is 0 Å². The van der Waals surface area contributed by atoms with Crippen LogP contribution in [0.3, 0.4) is 0 Å². The maximum absolute atomic E-state index is 11.1. The highest BCUT2D eigenvalue weighted by atomic mass is 32.2. The second-order valence-corrected chi connectivity index (χ2v) is 4.94. The molecule has 1 heterocycles. The Labute approximate surface area is 93.3 Å². The van der Waals surface area contributed by atoms with Gasteiger partial charge in [-0.3, -0.25) is 0 Å². The van der Waals surface area contributed by atoms with Gasteiger partial charge in [-0.05, 0) is 18.2 Å². The quantitative estimate of drug-likeness (QED) is 0.804. The van der Waals surface area contributed by atoms with Gasteiger partial charge in [-0.2, -0.15) is 0 Å². The molecule has 84 valence electrons. The molecule has 2 aromatic rings. The normalized spacial score (nSPS) is 11.8. The average Bonchev–Trinajstić information content (AvgIpc) is 2.60. The van der Waals surface area contributed by atoms with Gasteiger partial charge in [0.25, 0.3) is 0 Å². The second kappa shape index (κ2) is 3.73. The maximum Gasteiger partial charge on any atom is 0.238 e. The molecule has 16 heavy (non-hydrogen) atoms. The van der Waals surface area contributed by atoms with E-state index in [1.807, 2.05) is 4.57 Å². The number of nitrogens with zero attached hydrogens (tertiary/aromatic N) is 2. The first-order chi connectivity index (χ1) is 7.52. The number of rotatable bonds is 3. The van der Waals surface area contributed by atoms with Crippen LogP contribution in [0, 0.1) is 0 Å². The first kappa shape index (κ1) is 10.8. The molecule has 1 aromatic carbocycles. The minimum absolute atomic E-state index is 0.0730. The Bertz CT molecular complexity index is 643. The molecular weight excluding hydrogens is 226 g/mol. The summed E-state index contributed by atoms with van der Waals surface area (Å²) in [6.45, 7) is 4.26. The van der Waals surface area contributed by atoms with E-state index >= 15 is 0 Å². The van der Waals surface area contributed by atoms with E-state index in [1.165, 1.54) is 12.1 Å². The topological polar surface area (TPSA) is 78.0 Å². The molecule has 5 nitrogen and oxygen atoms in total. The smallest absolute Gasteiger partial charge is 0.238 e. The molecule has 0 saturated heterocycles. The standard InChI is InChI=1S/C10H11N3O2S/c1-2-5-13-7-12-9-6-8(16(11,14)15)3-4-10(9)13/h2-4,6-7H,1,5H2,(H2,11,14,15). The molecule has 1 aromatic heterocycles. The monoisotopic (exact) mass is 237 g/mol. The first-order valence-electron chi connectivity index (χ1n) is 4.61. The van der Waals surface area contributed by atoms with Crippen LogP contribution >= 0.6 is 0 Å². The minimum atomic E-state index is -3.67. The van der Waals surface area contributed by atoms with Crippen LogP contribution in [0.25, 0.3) is 11.0 Å². The summed E-state index contributed by atoms with van der Waals surface area (Å²) in [6.07, 6.45) is 3.38. The molecule has 0 atom stereocenters. The highest BCUT2D eigenvalue weighted by molar-refractivity contribution is 7.89. The molecule has 0 aliphatic heterocycles. The van der Waals surface area contributed by atoms with Crippen molar-refractivity contribution in [2.45, 2.75) is 11.4 Å². The van der Waals surface area contributed by atoms with Crippen LogP contribution in [0.4, 0.5) is 0 Å². The molecule has 6 heteroatoms. The summed E-state index contributed by atoms with van der Waals surface area (Å²) in [6, 6.07) is 4.62. The molecule has 2 N–H and O–H groups in total. The summed E-state index contributed by atoms with van der Waals surface area (Å²) in [4.78, 5) is 4.18. The molecule has 0 spiro atoms. The third kappa shape index (κ3) is 1.84. The lowest BCUT2D eigenvalue weighted by molar-refractivity contribution is 0.598. The van der Waals surface area contributed by atoms with Gasteiger partial charge in [0.15, 0.2) is 0 Å². The van der Waals surface area contributed by atoms with E-state index in [0.29, 0.717) is 12.1 Å². The lowest BCUT2D eigenvalue weighted by Crippen LogP contribution is -2.11. The van der Waals surface area contributed by atoms with Crippen LogP contribution in [-0.2, 0) is 16.6 Å². The van der Waals surface area contributed by atoms with Gasteiger partial charge in [0.2, 0.25) is 10.0 Å². The number of sulfonamides is 1. The van der Waals surface area contributed by atoms with E-state index in [0.717, 1.165) is 5.52 Å². The predicted octanol–water partition coefficient (Wildman–Crippen LogP) is 0.870. The lowest BCUT2D eigenvalue weighted by atomic mass is 10.3. The van der Waals surface area contributed by atoms with Crippen molar-refractivity contribution in [3.63, 3.8) is 0 Å². The largest absolute Gasteiger partial charge is 0.327 e. The third-order valence-electron chi connectivity index (χ3n) is 2.25. The number of imidazole rings is 1. The molecule has 0 unspecified atom stereocenters. The Morgan fingerprint density at radius 1 is 1.50 bits per heavy atom. The molecular formula is C10H11N3O2S. The number of aromatic nitrogens is 2. The van der Waals surface area contributed by atoms with Crippen molar-refractivity contribution in [3.05, 3.63) is 37.2 Å². The van der Waals surface area contributed by atoms with Crippen LogP contribution in [0.5, 0.6) is 0 Å². The van der Waals surface area contributed by atoms with E-state index in [9.17, 15) is 8.42 Å². The van der Waals surface area contributed by atoms with Gasteiger partial charge in [-0.1, -0.05) is 6.08 Å². The Morgan fingerprint density at radius 2 is 2.25 bits per heavy atom. The van der Waals surface area contributed by atoms with Gasteiger partial charge in [-0.15, -0.1) is 6.58 Å². The summed E-state index contributed by atoms with van der Waals surface area (Å²) in [5, 5.41) is 5.03. The number of primary sulfonamides is 1. The van der Waals surface area contributed by atoms with Crippen LogP contribution < -0.4 is 5.14 Å². The molecule has 0 saturated carbocycles. The Hall–Kier alpha value is -1.66. The highest BCUT2D eigenvalue weighted by Gasteiger charge is 2.10. The summed E-state index contributed by atoms with van der Waals surface area (Å²) in [5.74, 6) is 0. The van der Waals surface area contributed by atoms with Gasteiger partial charge in [0.05, 0.1) is 22.3 Å². The molecule has 0 aliphatic rings. The Kier molecular flexibility index (Phi) is 2.53. The van der Waals surface area contributed by atoms with E-state index < -0.39 is 10.0 Å². The SMILES string of the molecule is C=CCn1cnc2cc(S(N)(=O)=O)ccc21. The van der Waals surface area contributed by atoms with Crippen molar-refractivity contribution in [1.29, 1.82) is 0 Å². The fraction of sp³-hybridized carbons (Fsp3) is 0.100. The summed E-state index contributed by atoms with van der Waals surface area (Å²) >= 11 is 0. The molecule has 0 amide bonds. The van der Waals surface area contributed by atoms with Crippen LogP contribution in [-0.4, -0.2) is 18.0 Å². The Balaban J connectivity index is 2.62. The van der Waals surface area contributed by atoms with E-state index in [4.69, 9.17) is 5.14 Å². The zero-order valence-electron chi connectivity index (χ0n) is 8.50. The summed E-state index contributed by atoms with van der Waals surface area (Å²) in [7, 11) is -3.67. The molecule has 2 rings (SSSR count). The van der Waals surface area contributed by atoms with Gasteiger partial charge in [0.1, 0.15) is 0 Å². The number of hydrogen-bond acceptors (Lipinski definition) is 3. The molecule has 0 radical (unpaired) electrons. The average molecular weight is 237 g/mol. The van der Waals surface area contributed by atoms with Crippen molar-refractivity contribution < 1.29 is 8.42 Å². The number of benzene rings is 1. The van der Waals surface area contributed by atoms with Crippen molar-refractivity contribution in [2.75, 3.05) is 0 Å². The van der Waals surface area contributed by atoms with Gasteiger partial charge in [0, 0.05) is 6.54 Å². The first-order valence-corrected chi connectivity index (χ1v) is 6.15. The van der Waals surface area contributed by atoms with Crippen molar-refractivity contribution in [1.82, 2.24) is 9.55 Å². The number of hydrogen-bond donors (Lipinski definition) is 1. The van der Waals surface area contributed by atoms with E-state index in [2.05, 4.69) is 11.6 Å². The summed E-state index contributed by atoms with van der Waals surface area (Å²) < 4.78 is 24.1. The predicted molar refractivity (Wildman–Crippen MR) is 61.3 cm³/mol. The van der Waals surface area contributed by atoms with Crippen molar-refractivity contribution >= 4 is 21.1 Å². The van der Waals surface area contributed by atoms with Crippen molar-refractivity contribution in [2.24, 2.45) is 5.14 Å². The zero-order chi connectivity index (χ0) is 11.8. The van der Waals surface area contributed by atoms with Crippen LogP contribution in [0.15, 0.2) is 42.1 Å². The van der Waals surface area contributed by atoms with Crippen molar-refractivity contribution in [3.8, 4) is 0 Å². The number of fused-ring (bicyclic) bond motifs is 1. The van der Waals surface area contributed by atoms with Gasteiger partial charge in [-0.25, -0.2) is 18.5 Å². The van der Waals surface area contributed by atoms with E-state index in [-0.39, 0.29) is 4.90 Å². The molecule has 0 aliphatic carbocycles. The lowest BCUT2D eigenvalue weighted by Gasteiger charge is -2.00. The fourth-order valence-corrected chi connectivity index (χ4v) is 2.04. The number of allylic oxidation sites excluding steroid dienone is 1. The zero-order valence-corrected chi connectivity index (χ0v) is 9.31. The second-order valence-electron chi connectivity index (χ2n) is 3.38. The van der Waals surface area contributed by atoms with E-state index in [1.54, 1.807) is 18.5 Å². The maximum atomic E-state index is 11.1. The number of nitrogens with two attached hydrogens (primary N) is 1. The van der Waals surface area contributed by atoms with Crippen LogP contribution in [0.2, 0.25) is 0 Å². The third-order valence-corrected chi connectivity index (χ3v) is 3.16. The molecule has 0 fully saturated rings. The Morgan fingerprint density at radius 3 is 2.88 bits per heavy atom. The summed E-state index contributed by atoms with van der Waals surface area (Å²) in [5.41, 5.74) is 1.46. The van der Waals surface area contributed by atoms with Gasteiger partial charge < -0.3 is 4.57 Å². The minimum Gasteiger partial charge on any atom is -0.327 e. The molecule has 0 bridgehead atoms. The fourth-order valence-electron chi connectivity index (χ4n) is 1.51.